The Morgan fingerprint density at radius 1 is 1.06 bits per heavy atom. The van der Waals surface area contributed by atoms with E-state index in [-0.39, 0.29) is 5.69 Å². The van der Waals surface area contributed by atoms with Crippen molar-refractivity contribution in [3.8, 4) is 5.75 Å². The van der Waals surface area contributed by atoms with Crippen molar-refractivity contribution in [2.75, 3.05) is 29.5 Å². The number of benzene rings is 1. The predicted octanol–water partition coefficient (Wildman–Crippen LogP) is 4.44. The lowest BCUT2D eigenvalue weighted by atomic mass is 10.1. The van der Waals surface area contributed by atoms with Gasteiger partial charge in [-0.2, -0.15) is 0 Å². The average Bonchev–Trinajstić information content (AvgIpc) is 2.82. The second kappa shape index (κ2) is 12.2. The normalized spacial score (nSPS) is 10.6. The fourth-order valence-corrected chi connectivity index (χ4v) is 3.76. The lowest BCUT2D eigenvalue weighted by Gasteiger charge is -2.15. The van der Waals surface area contributed by atoms with Crippen molar-refractivity contribution in [3.63, 3.8) is 0 Å². The quantitative estimate of drug-likeness (QED) is 0.290. The Balaban J connectivity index is 1.85. The average molecular weight is 480 g/mol. The number of aryl methyl sites for hydroxylation is 2. The summed E-state index contributed by atoms with van der Waals surface area (Å²) in [4.78, 5) is 35.7. The minimum absolute atomic E-state index is 0.0967. The molecule has 0 saturated heterocycles. The number of nitrogens with zero attached hydrogens (tertiary/aromatic N) is 2. The third-order valence-electron chi connectivity index (χ3n) is 4.77. The number of carbonyl (C=O) groups excluding carboxylic acids is 2. The van der Waals surface area contributed by atoms with Crippen LogP contribution in [-0.2, 0) is 0 Å². The zero-order chi connectivity index (χ0) is 24.5. The van der Waals surface area contributed by atoms with Crippen LogP contribution in [0.5, 0.6) is 5.75 Å². The van der Waals surface area contributed by atoms with E-state index < -0.39 is 11.8 Å². The number of pyridine rings is 2. The number of hydrogen-bond acceptors (Lipinski definition) is 7. The molecule has 0 fully saturated rings. The van der Waals surface area contributed by atoms with E-state index >= 15 is 0 Å². The minimum atomic E-state index is -0.468. The molecular formula is C25H29N5O3S. The van der Waals surface area contributed by atoms with E-state index in [1.54, 1.807) is 49.1 Å². The number of rotatable bonds is 10. The van der Waals surface area contributed by atoms with Gasteiger partial charge in [0.25, 0.3) is 11.8 Å². The van der Waals surface area contributed by atoms with E-state index in [4.69, 9.17) is 10.5 Å². The van der Waals surface area contributed by atoms with Gasteiger partial charge in [-0.1, -0.05) is 13.0 Å². The summed E-state index contributed by atoms with van der Waals surface area (Å²) in [6.45, 7) is 6.65. The summed E-state index contributed by atoms with van der Waals surface area (Å²) in [7, 11) is 0. The minimum Gasteiger partial charge on any atom is -0.493 e. The summed E-state index contributed by atoms with van der Waals surface area (Å²) in [5.41, 5.74) is 7.96. The maximum Gasteiger partial charge on any atom is 0.277 e. The van der Waals surface area contributed by atoms with Gasteiger partial charge in [0.2, 0.25) is 0 Å². The molecule has 34 heavy (non-hydrogen) atoms. The van der Waals surface area contributed by atoms with Crippen LogP contribution in [0.15, 0.2) is 53.6 Å². The molecule has 4 N–H and O–H groups in total. The van der Waals surface area contributed by atoms with Gasteiger partial charge < -0.3 is 21.1 Å². The SMILES string of the molecule is CCSc1ccc(C(=O)Nc2ccc(C)nc2C(=O)Nc2ccc(C)cn2)c(OCCCN)c1. The summed E-state index contributed by atoms with van der Waals surface area (Å²) in [6.07, 6.45) is 2.33. The fourth-order valence-electron chi connectivity index (χ4n) is 3.07. The Morgan fingerprint density at radius 3 is 2.59 bits per heavy atom. The Morgan fingerprint density at radius 2 is 1.88 bits per heavy atom. The van der Waals surface area contributed by atoms with Gasteiger partial charge in [0.1, 0.15) is 11.6 Å². The molecule has 0 atom stereocenters. The molecule has 0 radical (unpaired) electrons. The second-order valence-electron chi connectivity index (χ2n) is 7.56. The van der Waals surface area contributed by atoms with Gasteiger partial charge >= 0.3 is 0 Å². The molecule has 9 heteroatoms. The number of thioether (sulfide) groups is 1. The molecule has 3 aromatic rings. The number of anilines is 2. The van der Waals surface area contributed by atoms with Gasteiger partial charge in [-0.05, 0) is 74.5 Å². The molecule has 0 aliphatic heterocycles. The fraction of sp³-hybridized carbons (Fsp3) is 0.280. The van der Waals surface area contributed by atoms with Gasteiger partial charge in [-0.25, -0.2) is 9.97 Å². The van der Waals surface area contributed by atoms with E-state index in [1.165, 1.54) is 0 Å². The lowest BCUT2D eigenvalue weighted by molar-refractivity contribution is 0.102. The zero-order valence-electron chi connectivity index (χ0n) is 19.6. The largest absolute Gasteiger partial charge is 0.493 e. The van der Waals surface area contributed by atoms with E-state index in [9.17, 15) is 9.59 Å². The number of aromatic nitrogens is 2. The van der Waals surface area contributed by atoms with Crippen molar-refractivity contribution in [3.05, 3.63) is 71.2 Å². The lowest BCUT2D eigenvalue weighted by Crippen LogP contribution is -2.21. The van der Waals surface area contributed by atoms with Crippen LogP contribution >= 0.6 is 11.8 Å². The number of ether oxygens (including phenoxy) is 1. The van der Waals surface area contributed by atoms with E-state index in [0.717, 1.165) is 16.2 Å². The number of carbonyl (C=O) groups is 2. The number of nitrogens with one attached hydrogen (secondary N) is 2. The monoisotopic (exact) mass is 479 g/mol. The Kier molecular flexibility index (Phi) is 9.00. The molecule has 2 amide bonds. The zero-order valence-corrected chi connectivity index (χ0v) is 20.4. The second-order valence-corrected chi connectivity index (χ2v) is 8.90. The summed E-state index contributed by atoms with van der Waals surface area (Å²) >= 11 is 1.66. The van der Waals surface area contributed by atoms with Crippen LogP contribution in [0.25, 0.3) is 0 Å². The third kappa shape index (κ3) is 6.79. The maximum atomic E-state index is 13.2. The molecule has 1 aromatic carbocycles. The van der Waals surface area contributed by atoms with Gasteiger partial charge in [0.15, 0.2) is 5.69 Å². The number of hydrogen-bond donors (Lipinski definition) is 3. The van der Waals surface area contributed by atoms with Crippen LogP contribution in [0, 0.1) is 13.8 Å². The van der Waals surface area contributed by atoms with Gasteiger partial charge in [0.05, 0.1) is 17.9 Å². The molecule has 178 valence electrons. The third-order valence-corrected chi connectivity index (χ3v) is 5.64. The van der Waals surface area contributed by atoms with Gasteiger partial charge in [-0.3, -0.25) is 9.59 Å². The van der Waals surface area contributed by atoms with E-state index in [1.807, 2.05) is 25.1 Å². The standard InChI is InChI=1S/C25H29N5O3S/c1-4-34-18-8-9-19(21(14-18)33-13-5-12-26)24(31)29-20-10-7-17(3)28-23(20)25(32)30-22-11-6-16(2)15-27-22/h6-11,14-15H,4-5,12-13,26H2,1-3H3,(H,29,31)(H,27,30,32). The highest BCUT2D eigenvalue weighted by atomic mass is 32.2. The molecule has 0 aliphatic carbocycles. The molecule has 0 spiro atoms. The molecule has 8 nitrogen and oxygen atoms in total. The maximum absolute atomic E-state index is 13.2. The predicted molar refractivity (Wildman–Crippen MR) is 136 cm³/mol. The van der Waals surface area contributed by atoms with Crippen molar-refractivity contribution < 1.29 is 14.3 Å². The first-order valence-electron chi connectivity index (χ1n) is 11.0. The number of nitrogens with two attached hydrogens (primary N) is 1. The first kappa shape index (κ1) is 25.2. The Bertz CT molecular complexity index is 1150. The van der Waals surface area contributed by atoms with Gasteiger partial charge in [-0.15, -0.1) is 11.8 Å². The van der Waals surface area contributed by atoms with Crippen LogP contribution in [0.2, 0.25) is 0 Å². The topological polar surface area (TPSA) is 119 Å². The van der Waals surface area contributed by atoms with Crippen LogP contribution < -0.4 is 21.1 Å². The summed E-state index contributed by atoms with van der Waals surface area (Å²) in [5.74, 6) is 0.903. The van der Waals surface area contributed by atoms with Crippen LogP contribution in [0.1, 0.15) is 45.4 Å². The first-order chi connectivity index (χ1) is 16.4. The smallest absolute Gasteiger partial charge is 0.277 e. The summed E-state index contributed by atoms with van der Waals surface area (Å²) in [5, 5.41) is 5.55. The van der Waals surface area contributed by atoms with E-state index in [2.05, 4.69) is 27.5 Å². The first-order valence-corrected chi connectivity index (χ1v) is 12.0. The molecule has 2 aromatic heterocycles. The molecule has 0 saturated carbocycles. The molecule has 2 heterocycles. The highest BCUT2D eigenvalue weighted by Gasteiger charge is 2.19. The Hall–Kier alpha value is -3.43. The molecular weight excluding hydrogens is 450 g/mol. The number of amides is 2. The summed E-state index contributed by atoms with van der Waals surface area (Å²) < 4.78 is 5.85. The van der Waals surface area contributed by atoms with Crippen molar-refractivity contribution in [2.24, 2.45) is 5.73 Å². The van der Waals surface area contributed by atoms with Crippen molar-refractivity contribution in [1.29, 1.82) is 0 Å². The highest BCUT2D eigenvalue weighted by Crippen LogP contribution is 2.28. The molecule has 3 rings (SSSR count). The molecule has 0 bridgehead atoms. The van der Waals surface area contributed by atoms with Crippen molar-refractivity contribution >= 4 is 35.1 Å². The Labute approximate surface area is 203 Å². The summed E-state index contributed by atoms with van der Waals surface area (Å²) in [6, 6.07) is 12.4. The molecule has 0 aliphatic rings. The van der Waals surface area contributed by atoms with Crippen molar-refractivity contribution in [2.45, 2.75) is 32.1 Å². The van der Waals surface area contributed by atoms with Crippen molar-refractivity contribution in [1.82, 2.24) is 9.97 Å². The van der Waals surface area contributed by atoms with Crippen LogP contribution in [0.3, 0.4) is 0 Å². The van der Waals surface area contributed by atoms with Crippen LogP contribution in [0.4, 0.5) is 11.5 Å². The highest BCUT2D eigenvalue weighted by molar-refractivity contribution is 7.99. The van der Waals surface area contributed by atoms with Crippen LogP contribution in [-0.4, -0.2) is 40.7 Å². The molecule has 0 unspecified atom stereocenters. The van der Waals surface area contributed by atoms with E-state index in [0.29, 0.717) is 48.1 Å². The van der Waals surface area contributed by atoms with Gasteiger partial charge in [0, 0.05) is 16.8 Å².